The number of rotatable bonds is 2. The predicted molar refractivity (Wildman–Crippen MR) is 87.8 cm³/mol. The van der Waals surface area contributed by atoms with E-state index in [1.165, 1.54) is 6.42 Å². The molecule has 2 aromatic heterocycles. The zero-order chi connectivity index (χ0) is 14.8. The van der Waals surface area contributed by atoms with E-state index in [1.54, 1.807) is 11.3 Å². The van der Waals surface area contributed by atoms with Gasteiger partial charge in [-0.05, 0) is 18.3 Å². The molecule has 0 bridgehead atoms. The van der Waals surface area contributed by atoms with Crippen molar-refractivity contribution in [2.45, 2.75) is 26.8 Å². The molecule has 6 heteroatoms. The fourth-order valence-electron chi connectivity index (χ4n) is 3.20. The number of nitrogens with zero attached hydrogens (tertiary/aromatic N) is 4. The number of piperidine rings is 1. The van der Waals surface area contributed by atoms with E-state index in [0.717, 1.165) is 48.1 Å². The first kappa shape index (κ1) is 14.4. The molecule has 1 N–H and O–H groups in total. The average molecular weight is 305 g/mol. The average Bonchev–Trinajstić information content (AvgIpc) is 2.99. The topological polar surface area (TPSA) is 44.9 Å². The van der Waals surface area contributed by atoms with Crippen LogP contribution < -0.4 is 5.32 Å². The number of imidazole rings is 1. The van der Waals surface area contributed by atoms with Gasteiger partial charge < -0.3 is 10.2 Å². The highest BCUT2D eigenvalue weighted by atomic mass is 32.1. The van der Waals surface area contributed by atoms with Crippen LogP contribution in [0.25, 0.3) is 4.96 Å². The lowest BCUT2D eigenvalue weighted by Gasteiger charge is -2.37. The maximum Gasteiger partial charge on any atom is 0.193 e. The molecule has 2 aromatic rings. The van der Waals surface area contributed by atoms with Gasteiger partial charge in [0.05, 0.1) is 12.2 Å². The van der Waals surface area contributed by atoms with E-state index in [4.69, 9.17) is 0 Å². The summed E-state index contributed by atoms with van der Waals surface area (Å²) in [5.74, 6) is 2.44. The molecule has 3 heterocycles. The van der Waals surface area contributed by atoms with E-state index < -0.39 is 0 Å². The Bertz CT molecular complexity index is 590. The normalized spacial score (nSPS) is 23.8. The number of aliphatic imine (C=N–C) groups is 1. The van der Waals surface area contributed by atoms with Gasteiger partial charge in [0.1, 0.15) is 0 Å². The summed E-state index contributed by atoms with van der Waals surface area (Å²) in [5.41, 5.74) is 1.06. The highest BCUT2D eigenvalue weighted by molar-refractivity contribution is 7.15. The Hall–Kier alpha value is -1.56. The van der Waals surface area contributed by atoms with Crippen molar-refractivity contribution in [2.75, 3.05) is 20.1 Å². The summed E-state index contributed by atoms with van der Waals surface area (Å²) in [6, 6.07) is 0. The molecule has 0 saturated carbocycles. The number of aromatic nitrogens is 2. The molecule has 2 atom stereocenters. The van der Waals surface area contributed by atoms with E-state index in [1.807, 2.05) is 13.2 Å². The summed E-state index contributed by atoms with van der Waals surface area (Å²) in [6.45, 7) is 7.53. The lowest BCUT2D eigenvalue weighted by molar-refractivity contribution is 0.208. The van der Waals surface area contributed by atoms with Crippen LogP contribution in [0.1, 0.15) is 26.0 Å². The number of thiazole rings is 1. The third-order valence-corrected chi connectivity index (χ3v) is 4.72. The van der Waals surface area contributed by atoms with E-state index in [-0.39, 0.29) is 0 Å². The smallest absolute Gasteiger partial charge is 0.193 e. The van der Waals surface area contributed by atoms with Gasteiger partial charge in [0.15, 0.2) is 10.9 Å². The summed E-state index contributed by atoms with van der Waals surface area (Å²) in [6.07, 6.45) is 5.43. The monoisotopic (exact) mass is 305 g/mol. The van der Waals surface area contributed by atoms with Crippen LogP contribution in [0.4, 0.5) is 0 Å². The van der Waals surface area contributed by atoms with Crippen molar-refractivity contribution in [3.8, 4) is 0 Å². The second-order valence-corrected chi connectivity index (χ2v) is 6.95. The molecule has 114 valence electrons. The van der Waals surface area contributed by atoms with Crippen LogP contribution in [0.2, 0.25) is 0 Å². The van der Waals surface area contributed by atoms with Crippen LogP contribution in [0.3, 0.4) is 0 Å². The fraction of sp³-hybridized carbons (Fsp3) is 0.600. The molecule has 0 spiro atoms. The maximum absolute atomic E-state index is 4.60. The van der Waals surface area contributed by atoms with Gasteiger partial charge in [0, 0.05) is 37.9 Å². The molecular weight excluding hydrogens is 282 g/mol. The molecule has 0 aromatic carbocycles. The van der Waals surface area contributed by atoms with Crippen molar-refractivity contribution in [2.24, 2.45) is 16.8 Å². The van der Waals surface area contributed by atoms with Crippen LogP contribution >= 0.6 is 11.3 Å². The molecule has 3 rings (SSSR count). The van der Waals surface area contributed by atoms with Crippen molar-refractivity contribution >= 4 is 22.3 Å². The first-order chi connectivity index (χ1) is 10.2. The quantitative estimate of drug-likeness (QED) is 0.685. The lowest BCUT2D eigenvalue weighted by Crippen LogP contribution is -2.48. The van der Waals surface area contributed by atoms with Gasteiger partial charge in [0.2, 0.25) is 0 Å². The van der Waals surface area contributed by atoms with Gasteiger partial charge in [-0.1, -0.05) is 13.8 Å². The Morgan fingerprint density at radius 1 is 1.43 bits per heavy atom. The second-order valence-electron chi connectivity index (χ2n) is 6.08. The van der Waals surface area contributed by atoms with Crippen LogP contribution in [0.15, 0.2) is 22.8 Å². The summed E-state index contributed by atoms with van der Waals surface area (Å²) in [7, 11) is 1.86. The molecule has 0 amide bonds. The van der Waals surface area contributed by atoms with Gasteiger partial charge in [-0.15, -0.1) is 11.3 Å². The van der Waals surface area contributed by atoms with E-state index in [9.17, 15) is 0 Å². The van der Waals surface area contributed by atoms with Crippen molar-refractivity contribution in [3.63, 3.8) is 0 Å². The summed E-state index contributed by atoms with van der Waals surface area (Å²) >= 11 is 1.66. The molecule has 21 heavy (non-hydrogen) atoms. The number of likely N-dealkylation sites (tertiary alicyclic amines) is 1. The van der Waals surface area contributed by atoms with Gasteiger partial charge in [-0.2, -0.15) is 0 Å². The summed E-state index contributed by atoms with van der Waals surface area (Å²) in [4.78, 5) is 12.5. The molecule has 5 nitrogen and oxygen atoms in total. The van der Waals surface area contributed by atoms with Gasteiger partial charge in [-0.25, -0.2) is 4.98 Å². The summed E-state index contributed by atoms with van der Waals surface area (Å²) in [5, 5.41) is 5.50. The van der Waals surface area contributed by atoms with Crippen molar-refractivity contribution < 1.29 is 0 Å². The zero-order valence-corrected chi connectivity index (χ0v) is 13.7. The molecule has 1 aliphatic rings. The number of hydrogen-bond donors (Lipinski definition) is 1. The highest BCUT2D eigenvalue weighted by Crippen LogP contribution is 2.21. The van der Waals surface area contributed by atoms with Crippen LogP contribution in [-0.2, 0) is 6.54 Å². The Morgan fingerprint density at radius 3 is 2.86 bits per heavy atom. The number of hydrogen-bond acceptors (Lipinski definition) is 3. The third kappa shape index (κ3) is 3.20. The fourth-order valence-corrected chi connectivity index (χ4v) is 3.92. The molecule has 0 aliphatic carbocycles. The van der Waals surface area contributed by atoms with Gasteiger partial charge in [-0.3, -0.25) is 9.39 Å². The minimum Gasteiger partial charge on any atom is -0.351 e. The Labute approximate surface area is 129 Å². The standard InChI is InChI=1S/C15H23N5S/c1-11-6-12(2)9-20(8-11)14(16-3)17-7-13-10-19-4-5-21-15(19)18-13/h4-5,10-12H,6-9H2,1-3H3,(H,16,17). The largest absolute Gasteiger partial charge is 0.351 e. The van der Waals surface area contributed by atoms with Crippen LogP contribution in [-0.4, -0.2) is 40.4 Å². The first-order valence-electron chi connectivity index (χ1n) is 7.52. The van der Waals surface area contributed by atoms with Crippen LogP contribution in [0, 0.1) is 11.8 Å². The van der Waals surface area contributed by atoms with E-state index in [0.29, 0.717) is 0 Å². The molecule has 1 aliphatic heterocycles. The molecule has 0 radical (unpaired) electrons. The predicted octanol–water partition coefficient (Wildman–Crippen LogP) is 2.45. The first-order valence-corrected chi connectivity index (χ1v) is 8.40. The Kier molecular flexibility index (Phi) is 4.14. The minimum absolute atomic E-state index is 0.723. The second kappa shape index (κ2) is 6.05. The molecular formula is C15H23N5S. The molecule has 1 fully saturated rings. The van der Waals surface area contributed by atoms with E-state index >= 15 is 0 Å². The molecule has 2 unspecified atom stereocenters. The summed E-state index contributed by atoms with van der Waals surface area (Å²) < 4.78 is 2.06. The van der Waals surface area contributed by atoms with Crippen molar-refractivity contribution in [1.29, 1.82) is 0 Å². The zero-order valence-electron chi connectivity index (χ0n) is 12.9. The van der Waals surface area contributed by atoms with Crippen molar-refractivity contribution in [3.05, 3.63) is 23.5 Å². The van der Waals surface area contributed by atoms with Crippen molar-refractivity contribution in [1.82, 2.24) is 19.6 Å². The Morgan fingerprint density at radius 2 is 2.19 bits per heavy atom. The number of guanidine groups is 1. The Balaban J connectivity index is 1.63. The van der Waals surface area contributed by atoms with Gasteiger partial charge in [0.25, 0.3) is 0 Å². The lowest BCUT2D eigenvalue weighted by atomic mass is 9.92. The maximum atomic E-state index is 4.60. The third-order valence-electron chi connectivity index (χ3n) is 3.95. The van der Waals surface area contributed by atoms with Crippen LogP contribution in [0.5, 0.6) is 0 Å². The molecule has 1 saturated heterocycles. The van der Waals surface area contributed by atoms with E-state index in [2.05, 4.69) is 50.0 Å². The van der Waals surface area contributed by atoms with Gasteiger partial charge >= 0.3 is 0 Å². The number of fused-ring (bicyclic) bond motifs is 1. The minimum atomic E-state index is 0.723. The number of nitrogens with one attached hydrogen (secondary N) is 1. The SMILES string of the molecule is CN=C(NCc1cn2ccsc2n1)N1CC(C)CC(C)C1. The highest BCUT2D eigenvalue weighted by Gasteiger charge is 2.23.